The van der Waals surface area contributed by atoms with Crippen molar-refractivity contribution >= 4 is 23.2 Å². The van der Waals surface area contributed by atoms with Crippen molar-refractivity contribution in [1.82, 2.24) is 24.6 Å². The number of ether oxygens (including phenoxy) is 2. The fourth-order valence-corrected chi connectivity index (χ4v) is 4.11. The Labute approximate surface area is 220 Å². The highest BCUT2D eigenvalue weighted by atomic mass is 16.7. The van der Waals surface area contributed by atoms with Crippen LogP contribution in [0.2, 0.25) is 0 Å². The predicted octanol–water partition coefficient (Wildman–Crippen LogP) is 1.38. The van der Waals surface area contributed by atoms with Crippen LogP contribution in [-0.2, 0) is 19.1 Å². The van der Waals surface area contributed by atoms with E-state index in [4.69, 9.17) is 24.9 Å². The topological polar surface area (TPSA) is 163 Å². The number of fused-ring (bicyclic) bond motifs is 1. The first-order valence-electron chi connectivity index (χ1n) is 12.6. The summed E-state index contributed by atoms with van der Waals surface area (Å²) in [6.45, 7) is 4.17. The van der Waals surface area contributed by atoms with E-state index in [-0.39, 0.29) is 12.4 Å². The van der Waals surface area contributed by atoms with E-state index in [0.717, 1.165) is 18.4 Å². The van der Waals surface area contributed by atoms with Crippen molar-refractivity contribution < 1.29 is 29.4 Å². The van der Waals surface area contributed by atoms with E-state index in [1.165, 1.54) is 6.33 Å². The van der Waals surface area contributed by atoms with Gasteiger partial charge < -0.3 is 30.3 Å². The predicted molar refractivity (Wildman–Crippen MR) is 140 cm³/mol. The zero-order chi connectivity index (χ0) is 26.9. The van der Waals surface area contributed by atoms with E-state index >= 15 is 0 Å². The highest BCUT2D eigenvalue weighted by molar-refractivity contribution is 5.85. The van der Waals surface area contributed by atoms with E-state index in [9.17, 15) is 10.2 Å². The molecule has 1 fully saturated rings. The summed E-state index contributed by atoms with van der Waals surface area (Å²) < 4.78 is 12.9. The minimum atomic E-state index is -1.25. The number of hydroxylamine groups is 2. The Hall–Kier alpha value is -3.20. The molecule has 4 rings (SSSR count). The first-order valence-corrected chi connectivity index (χ1v) is 12.6. The number of unbranched alkanes of at least 4 members (excludes halogenated alkanes) is 1. The summed E-state index contributed by atoms with van der Waals surface area (Å²) in [7, 11) is 1.80. The monoisotopic (exact) mass is 529 g/mol. The average Bonchev–Trinajstić information content (AvgIpc) is 3.45. The molecule has 206 valence electrons. The van der Waals surface area contributed by atoms with Gasteiger partial charge in [0.15, 0.2) is 23.2 Å². The number of aromatic nitrogens is 4. The van der Waals surface area contributed by atoms with Gasteiger partial charge in [-0.25, -0.2) is 15.0 Å². The van der Waals surface area contributed by atoms with Crippen molar-refractivity contribution in [3.05, 3.63) is 36.7 Å². The Kier molecular flexibility index (Phi) is 9.92. The average molecular weight is 530 g/mol. The van der Waals surface area contributed by atoms with Gasteiger partial charge in [0.2, 0.25) is 0 Å². The van der Waals surface area contributed by atoms with Gasteiger partial charge in [-0.2, -0.15) is 5.06 Å². The van der Waals surface area contributed by atoms with Gasteiger partial charge in [-0.3, -0.25) is 9.40 Å². The highest BCUT2D eigenvalue weighted by Gasteiger charge is 2.45. The van der Waals surface area contributed by atoms with Crippen LogP contribution in [0.5, 0.6) is 0 Å². The van der Waals surface area contributed by atoms with Gasteiger partial charge in [0.05, 0.1) is 19.4 Å². The maximum absolute atomic E-state index is 11.0. The third kappa shape index (κ3) is 6.62. The van der Waals surface area contributed by atoms with Gasteiger partial charge in [-0.05, 0) is 19.8 Å². The van der Waals surface area contributed by atoms with Crippen molar-refractivity contribution in [2.45, 2.75) is 44.3 Å². The SMILES string of the molecule is CCOCC=NOCCCCN(C)OC[C@H]1O[C@@H](n2c(-c3ccccc3)nc3c(N)ncnc32)[C@H](O)[C@@H]1O. The molecule has 1 aromatic carbocycles. The number of nitrogens with two attached hydrogens (primary N) is 1. The van der Waals surface area contributed by atoms with Crippen molar-refractivity contribution in [2.24, 2.45) is 5.16 Å². The molecular weight excluding hydrogens is 494 g/mol. The van der Waals surface area contributed by atoms with Crippen molar-refractivity contribution in [1.29, 1.82) is 0 Å². The number of rotatable bonds is 14. The first kappa shape index (κ1) is 27.8. The minimum absolute atomic E-state index is 0.0495. The molecule has 1 saturated heterocycles. The summed E-state index contributed by atoms with van der Waals surface area (Å²) in [5.74, 6) is 0.704. The number of nitrogens with zero attached hydrogens (tertiary/aromatic N) is 6. The third-order valence-corrected chi connectivity index (χ3v) is 6.09. The van der Waals surface area contributed by atoms with E-state index in [1.807, 2.05) is 37.3 Å². The number of benzene rings is 1. The molecule has 4 atom stereocenters. The van der Waals surface area contributed by atoms with Crippen LogP contribution in [0.3, 0.4) is 0 Å². The summed E-state index contributed by atoms with van der Waals surface area (Å²) in [6, 6.07) is 9.41. The molecule has 4 N–H and O–H groups in total. The second-order valence-corrected chi connectivity index (χ2v) is 8.78. The van der Waals surface area contributed by atoms with E-state index in [1.54, 1.807) is 22.9 Å². The van der Waals surface area contributed by atoms with Crippen LogP contribution in [-0.4, -0.2) is 99.3 Å². The van der Waals surface area contributed by atoms with Gasteiger partial charge in [0.1, 0.15) is 37.1 Å². The lowest BCUT2D eigenvalue weighted by atomic mass is 10.1. The van der Waals surface area contributed by atoms with Crippen molar-refractivity contribution in [3.63, 3.8) is 0 Å². The second kappa shape index (κ2) is 13.6. The Balaban J connectivity index is 1.35. The standard InChI is InChI=1S/C25H35N7O6/c1-3-35-14-11-29-36-13-8-7-12-31(2)37-15-18-20(33)21(34)25(38-18)32-23(17-9-5-4-6-10-17)30-19-22(26)27-16-28-24(19)32/h4-6,9-11,16,18,20-21,25,33-34H,3,7-8,12-15H2,1-2H3,(H2,26,27,28)/t18-,20-,21-,25-/m1/s1. The van der Waals surface area contributed by atoms with Gasteiger partial charge in [-0.15, -0.1) is 0 Å². The zero-order valence-corrected chi connectivity index (χ0v) is 21.6. The molecular formula is C25H35N7O6. The molecule has 1 aliphatic heterocycles. The van der Waals surface area contributed by atoms with Crippen LogP contribution < -0.4 is 5.73 Å². The van der Waals surface area contributed by atoms with Crippen LogP contribution in [0, 0.1) is 0 Å². The molecule has 3 heterocycles. The number of hydrogen-bond acceptors (Lipinski definition) is 12. The summed E-state index contributed by atoms with van der Waals surface area (Å²) in [4.78, 5) is 24.0. The molecule has 13 nitrogen and oxygen atoms in total. The molecule has 38 heavy (non-hydrogen) atoms. The summed E-state index contributed by atoms with van der Waals surface area (Å²) >= 11 is 0. The lowest BCUT2D eigenvalue weighted by Crippen LogP contribution is -2.36. The Morgan fingerprint density at radius 1 is 1.18 bits per heavy atom. The fourth-order valence-electron chi connectivity index (χ4n) is 4.11. The number of hydrogen-bond donors (Lipinski definition) is 3. The normalized spacial score (nSPS) is 21.7. The molecule has 0 amide bonds. The van der Waals surface area contributed by atoms with Crippen LogP contribution in [0.25, 0.3) is 22.6 Å². The molecule has 0 radical (unpaired) electrons. The summed E-state index contributed by atoms with van der Waals surface area (Å²) in [6.07, 6.45) is 0.367. The second-order valence-electron chi connectivity index (χ2n) is 8.78. The maximum Gasteiger partial charge on any atom is 0.168 e. The molecule has 2 aromatic heterocycles. The highest BCUT2D eigenvalue weighted by Crippen LogP contribution is 2.36. The van der Waals surface area contributed by atoms with Crippen molar-refractivity contribution in [2.75, 3.05) is 45.8 Å². The van der Waals surface area contributed by atoms with Gasteiger partial charge >= 0.3 is 0 Å². The smallest absolute Gasteiger partial charge is 0.168 e. The van der Waals surface area contributed by atoms with Gasteiger partial charge in [0.25, 0.3) is 0 Å². The lowest BCUT2D eigenvalue weighted by Gasteiger charge is -2.21. The van der Waals surface area contributed by atoms with Crippen molar-refractivity contribution in [3.8, 4) is 11.4 Å². The van der Waals surface area contributed by atoms with Gasteiger partial charge in [-0.1, -0.05) is 35.5 Å². The number of nitrogen functional groups attached to an aromatic ring is 1. The Morgan fingerprint density at radius 3 is 2.79 bits per heavy atom. The Morgan fingerprint density at radius 2 is 2.00 bits per heavy atom. The molecule has 0 spiro atoms. The minimum Gasteiger partial charge on any atom is -0.396 e. The fraction of sp³-hybridized carbons (Fsp3) is 0.520. The van der Waals surface area contributed by atoms with Crippen LogP contribution in [0.15, 0.2) is 41.8 Å². The van der Waals surface area contributed by atoms with Crippen LogP contribution in [0.4, 0.5) is 5.82 Å². The zero-order valence-electron chi connectivity index (χ0n) is 21.6. The first-order chi connectivity index (χ1) is 18.5. The van der Waals surface area contributed by atoms with E-state index in [0.29, 0.717) is 43.4 Å². The van der Waals surface area contributed by atoms with Crippen LogP contribution in [0.1, 0.15) is 26.0 Å². The number of oxime groups is 1. The van der Waals surface area contributed by atoms with E-state index < -0.39 is 24.5 Å². The van der Waals surface area contributed by atoms with E-state index in [2.05, 4.69) is 20.1 Å². The Bertz CT molecular complexity index is 1180. The van der Waals surface area contributed by atoms with Gasteiger partial charge in [0, 0.05) is 25.8 Å². The third-order valence-electron chi connectivity index (χ3n) is 6.09. The van der Waals surface area contributed by atoms with Crippen LogP contribution >= 0.6 is 0 Å². The number of aliphatic hydroxyl groups is 2. The molecule has 3 aromatic rings. The molecule has 1 aliphatic rings. The molecule has 0 bridgehead atoms. The quantitative estimate of drug-likeness (QED) is 0.157. The molecule has 0 unspecified atom stereocenters. The summed E-state index contributed by atoms with van der Waals surface area (Å²) in [5, 5.41) is 27.2. The molecule has 13 heteroatoms. The summed E-state index contributed by atoms with van der Waals surface area (Å²) in [5.41, 5.74) is 7.62. The largest absolute Gasteiger partial charge is 0.396 e. The molecule has 0 saturated carbocycles. The number of aliphatic hydroxyl groups excluding tert-OH is 2. The number of imidazole rings is 1. The maximum atomic E-state index is 11.0. The number of anilines is 1. The lowest BCUT2D eigenvalue weighted by molar-refractivity contribution is -0.179. The molecule has 0 aliphatic carbocycles.